The quantitative estimate of drug-likeness (QED) is 0.428. The molecule has 2 heterocycles. The molecular formula is C24H26FN5O. The first-order chi connectivity index (χ1) is 15.0. The number of hydrogen-bond donors (Lipinski definition) is 2. The Morgan fingerprint density at radius 1 is 1.10 bits per heavy atom. The van der Waals surface area contributed by atoms with E-state index >= 15 is 0 Å². The van der Waals surface area contributed by atoms with Gasteiger partial charge in [-0.3, -0.25) is 0 Å². The van der Waals surface area contributed by atoms with Gasteiger partial charge in [-0.25, -0.2) is 13.9 Å². The van der Waals surface area contributed by atoms with Gasteiger partial charge in [-0.1, -0.05) is 12.1 Å². The highest BCUT2D eigenvalue weighted by molar-refractivity contribution is 5.64. The van der Waals surface area contributed by atoms with Gasteiger partial charge < -0.3 is 15.8 Å². The number of ether oxygens (including phenoxy) is 1. The second kappa shape index (κ2) is 9.14. The van der Waals surface area contributed by atoms with Gasteiger partial charge in [0.15, 0.2) is 5.65 Å². The molecule has 0 unspecified atom stereocenters. The van der Waals surface area contributed by atoms with Crippen LogP contribution in [0.5, 0.6) is 5.75 Å². The maximum Gasteiger partial charge on any atom is 0.154 e. The number of anilines is 1. The zero-order valence-electron chi connectivity index (χ0n) is 17.6. The number of rotatable bonds is 8. The van der Waals surface area contributed by atoms with Crippen molar-refractivity contribution in [1.82, 2.24) is 14.6 Å². The average molecular weight is 420 g/mol. The SMILES string of the molecule is C[C@@H](N)CCOc1ccc(-c2cnc3ccc(N[C@H](C)c4cccc(F)c4)nn23)cc1. The van der Waals surface area contributed by atoms with Gasteiger partial charge >= 0.3 is 0 Å². The van der Waals surface area contributed by atoms with Gasteiger partial charge in [-0.05, 0) is 74.4 Å². The Kier molecular flexibility index (Phi) is 6.13. The number of aromatic nitrogens is 3. The summed E-state index contributed by atoms with van der Waals surface area (Å²) in [5.74, 6) is 1.23. The second-order valence-electron chi connectivity index (χ2n) is 7.69. The molecule has 2 aromatic heterocycles. The van der Waals surface area contributed by atoms with Crippen molar-refractivity contribution in [2.24, 2.45) is 5.73 Å². The monoisotopic (exact) mass is 419 g/mol. The highest BCUT2D eigenvalue weighted by Crippen LogP contribution is 2.25. The van der Waals surface area contributed by atoms with Gasteiger partial charge in [0.25, 0.3) is 0 Å². The van der Waals surface area contributed by atoms with Crippen LogP contribution in [0.4, 0.5) is 10.2 Å². The number of nitrogens with zero attached hydrogens (tertiary/aromatic N) is 3. The fourth-order valence-corrected chi connectivity index (χ4v) is 3.31. The van der Waals surface area contributed by atoms with Crippen LogP contribution in [0.3, 0.4) is 0 Å². The van der Waals surface area contributed by atoms with Crippen LogP contribution >= 0.6 is 0 Å². The molecule has 0 saturated carbocycles. The van der Waals surface area contributed by atoms with Crippen LogP contribution < -0.4 is 15.8 Å². The van der Waals surface area contributed by atoms with E-state index in [2.05, 4.69) is 10.3 Å². The number of hydrogen-bond acceptors (Lipinski definition) is 5. The van der Waals surface area contributed by atoms with Crippen LogP contribution in [-0.2, 0) is 0 Å². The third kappa shape index (κ3) is 5.00. The number of nitrogens with one attached hydrogen (secondary N) is 1. The van der Waals surface area contributed by atoms with Crippen molar-refractivity contribution in [3.63, 3.8) is 0 Å². The van der Waals surface area contributed by atoms with E-state index in [-0.39, 0.29) is 17.9 Å². The fourth-order valence-electron chi connectivity index (χ4n) is 3.31. The van der Waals surface area contributed by atoms with Crippen LogP contribution in [0, 0.1) is 5.82 Å². The first-order valence-corrected chi connectivity index (χ1v) is 10.4. The lowest BCUT2D eigenvalue weighted by Crippen LogP contribution is -2.18. The average Bonchev–Trinajstić information content (AvgIpc) is 3.17. The molecule has 0 fully saturated rings. The molecule has 3 N–H and O–H groups in total. The van der Waals surface area contributed by atoms with Gasteiger partial charge in [0.2, 0.25) is 0 Å². The predicted molar refractivity (Wildman–Crippen MR) is 121 cm³/mol. The van der Waals surface area contributed by atoms with Crippen LogP contribution in [0.15, 0.2) is 66.9 Å². The highest BCUT2D eigenvalue weighted by Gasteiger charge is 2.11. The van der Waals surface area contributed by atoms with Crippen molar-refractivity contribution in [2.75, 3.05) is 11.9 Å². The van der Waals surface area contributed by atoms with Crippen LogP contribution in [0.25, 0.3) is 16.9 Å². The molecule has 6 nitrogen and oxygen atoms in total. The van der Waals surface area contributed by atoms with Gasteiger partial charge in [0.1, 0.15) is 17.4 Å². The molecule has 7 heteroatoms. The van der Waals surface area contributed by atoms with Crippen LogP contribution in [0.2, 0.25) is 0 Å². The summed E-state index contributed by atoms with van der Waals surface area (Å²) in [6, 6.07) is 18.2. The standard InChI is InChI=1S/C24H26FN5O/c1-16(26)12-13-31-21-8-6-18(7-9-21)22-15-27-24-11-10-23(29-30(22)24)28-17(2)19-4-3-5-20(25)14-19/h3-11,14-17H,12-13,26H2,1-2H3,(H,28,29)/t16-,17-/m1/s1. The number of fused-ring (bicyclic) bond motifs is 1. The summed E-state index contributed by atoms with van der Waals surface area (Å²) < 4.78 is 21.1. The second-order valence-corrected chi connectivity index (χ2v) is 7.69. The fraction of sp³-hybridized carbons (Fsp3) is 0.250. The van der Waals surface area contributed by atoms with Crippen LogP contribution in [-0.4, -0.2) is 27.2 Å². The first kappa shape index (κ1) is 20.8. The summed E-state index contributed by atoms with van der Waals surface area (Å²) in [6.07, 6.45) is 2.61. The van der Waals surface area contributed by atoms with E-state index in [4.69, 9.17) is 15.6 Å². The Bertz CT molecular complexity index is 1160. The van der Waals surface area contributed by atoms with Gasteiger partial charge in [0.05, 0.1) is 24.5 Å². The van der Waals surface area contributed by atoms with Crippen molar-refractivity contribution >= 4 is 11.5 Å². The predicted octanol–water partition coefficient (Wildman–Crippen LogP) is 4.82. The van der Waals surface area contributed by atoms with E-state index in [0.717, 1.165) is 34.6 Å². The Morgan fingerprint density at radius 3 is 2.65 bits per heavy atom. The molecule has 2 aromatic carbocycles. The molecular weight excluding hydrogens is 393 g/mol. The zero-order chi connectivity index (χ0) is 21.8. The number of halogens is 1. The van der Waals surface area contributed by atoms with E-state index in [9.17, 15) is 4.39 Å². The third-order valence-electron chi connectivity index (χ3n) is 5.07. The molecule has 31 heavy (non-hydrogen) atoms. The Labute approximate surface area is 180 Å². The smallest absolute Gasteiger partial charge is 0.154 e. The summed E-state index contributed by atoms with van der Waals surface area (Å²) in [4.78, 5) is 4.45. The lowest BCUT2D eigenvalue weighted by molar-refractivity contribution is 0.301. The highest BCUT2D eigenvalue weighted by atomic mass is 19.1. The van der Waals surface area contributed by atoms with Crippen molar-refractivity contribution < 1.29 is 9.13 Å². The minimum atomic E-state index is -0.253. The summed E-state index contributed by atoms with van der Waals surface area (Å²) in [6.45, 7) is 4.53. The number of imidazole rings is 1. The molecule has 160 valence electrons. The molecule has 0 aliphatic rings. The van der Waals surface area contributed by atoms with Crippen molar-refractivity contribution in [2.45, 2.75) is 32.4 Å². The molecule has 0 radical (unpaired) electrons. The van der Waals surface area contributed by atoms with Crippen molar-refractivity contribution in [1.29, 1.82) is 0 Å². The molecule has 2 atom stereocenters. The molecule has 0 aliphatic heterocycles. The number of nitrogens with two attached hydrogens (primary N) is 1. The minimum Gasteiger partial charge on any atom is -0.494 e. The molecule has 0 amide bonds. The lowest BCUT2D eigenvalue weighted by Gasteiger charge is -2.15. The third-order valence-corrected chi connectivity index (χ3v) is 5.07. The first-order valence-electron chi connectivity index (χ1n) is 10.4. The van der Waals surface area contributed by atoms with E-state index < -0.39 is 0 Å². The Morgan fingerprint density at radius 2 is 1.90 bits per heavy atom. The summed E-state index contributed by atoms with van der Waals surface area (Å²) in [5.41, 5.74) is 9.22. The molecule has 0 bridgehead atoms. The van der Waals surface area contributed by atoms with Crippen LogP contribution in [0.1, 0.15) is 31.9 Å². The number of benzene rings is 2. The van der Waals surface area contributed by atoms with Crippen molar-refractivity contribution in [3.8, 4) is 17.0 Å². The maximum absolute atomic E-state index is 13.5. The Hall–Kier alpha value is -3.45. The maximum atomic E-state index is 13.5. The topological polar surface area (TPSA) is 77.5 Å². The van der Waals surface area contributed by atoms with Crippen molar-refractivity contribution in [3.05, 3.63) is 78.2 Å². The van der Waals surface area contributed by atoms with Gasteiger partial charge in [0, 0.05) is 11.6 Å². The molecule has 4 aromatic rings. The van der Waals surface area contributed by atoms with Gasteiger partial charge in [-0.2, -0.15) is 0 Å². The Balaban J connectivity index is 1.53. The minimum absolute atomic E-state index is 0.0970. The molecule has 0 spiro atoms. The normalized spacial score (nSPS) is 13.2. The molecule has 0 aliphatic carbocycles. The summed E-state index contributed by atoms with van der Waals surface area (Å²) in [7, 11) is 0. The van der Waals surface area contributed by atoms with E-state index in [0.29, 0.717) is 12.4 Å². The lowest BCUT2D eigenvalue weighted by atomic mass is 10.1. The zero-order valence-corrected chi connectivity index (χ0v) is 17.6. The van der Waals surface area contributed by atoms with E-state index in [1.165, 1.54) is 12.1 Å². The summed E-state index contributed by atoms with van der Waals surface area (Å²) >= 11 is 0. The van der Waals surface area contributed by atoms with E-state index in [1.807, 2.05) is 56.3 Å². The van der Waals surface area contributed by atoms with E-state index in [1.54, 1.807) is 16.8 Å². The summed E-state index contributed by atoms with van der Waals surface area (Å²) in [5, 5.41) is 8.03. The largest absolute Gasteiger partial charge is 0.494 e. The molecule has 0 saturated heterocycles. The molecule has 4 rings (SSSR count). The van der Waals surface area contributed by atoms with Gasteiger partial charge in [-0.15, -0.1) is 5.10 Å².